The van der Waals surface area contributed by atoms with E-state index in [0.717, 1.165) is 5.56 Å². The molecule has 0 saturated heterocycles. The number of carbonyl (C=O) groups is 1. The van der Waals surface area contributed by atoms with E-state index in [4.69, 9.17) is 4.74 Å². The fraction of sp³-hybridized carbons (Fsp3) is 0.0833. The van der Waals surface area contributed by atoms with Crippen LogP contribution in [-0.2, 0) is 6.61 Å². The Morgan fingerprint density at radius 1 is 1.00 bits per heavy atom. The molecule has 0 unspecified atom stereocenters. The lowest BCUT2D eigenvalue weighted by Crippen LogP contribution is -2.12. The van der Waals surface area contributed by atoms with Crippen molar-refractivity contribution in [3.05, 3.63) is 101 Å². The topological polar surface area (TPSA) is 51.2 Å². The lowest BCUT2D eigenvalue weighted by atomic mass is 10.2. The highest BCUT2D eigenvalue weighted by molar-refractivity contribution is 7.13. The van der Waals surface area contributed by atoms with Gasteiger partial charge in [0.15, 0.2) is 0 Å². The lowest BCUT2D eigenvalue weighted by Gasteiger charge is -2.11. The van der Waals surface area contributed by atoms with Crippen molar-refractivity contribution in [2.24, 2.45) is 0 Å². The van der Waals surface area contributed by atoms with Crippen molar-refractivity contribution in [1.82, 2.24) is 4.98 Å². The van der Waals surface area contributed by atoms with Crippen molar-refractivity contribution in [2.75, 3.05) is 5.32 Å². The summed E-state index contributed by atoms with van der Waals surface area (Å²) in [5, 5.41) is 5.04. The molecule has 0 aliphatic rings. The van der Waals surface area contributed by atoms with E-state index in [1.165, 1.54) is 29.5 Å². The number of benzene rings is 3. The molecule has 0 fully saturated rings. The quantitative estimate of drug-likeness (QED) is 0.390. The minimum absolute atomic E-state index is 0.144. The van der Waals surface area contributed by atoms with Gasteiger partial charge in [0.05, 0.1) is 11.1 Å². The monoisotopic (exact) mass is 436 g/mol. The van der Waals surface area contributed by atoms with Gasteiger partial charge < -0.3 is 10.1 Å². The molecule has 31 heavy (non-hydrogen) atoms. The molecule has 0 atom stereocenters. The molecular weight excluding hydrogens is 418 g/mol. The number of nitrogens with zero attached hydrogens (tertiary/aromatic N) is 1. The maximum Gasteiger partial charge on any atom is 0.275 e. The summed E-state index contributed by atoms with van der Waals surface area (Å²) in [5.74, 6) is -1.23. The van der Waals surface area contributed by atoms with Crippen LogP contribution in [0, 0.1) is 18.6 Å². The van der Waals surface area contributed by atoms with Crippen LogP contribution in [0.5, 0.6) is 5.75 Å². The summed E-state index contributed by atoms with van der Waals surface area (Å²) >= 11 is 1.29. The van der Waals surface area contributed by atoms with Crippen LogP contribution in [0.25, 0.3) is 10.6 Å². The highest BCUT2D eigenvalue weighted by Gasteiger charge is 2.16. The second-order valence-electron chi connectivity index (χ2n) is 6.84. The number of carbonyl (C=O) groups excluding carboxylic acids is 1. The molecule has 0 aliphatic heterocycles. The summed E-state index contributed by atoms with van der Waals surface area (Å²) in [5.41, 5.74) is 2.55. The number of rotatable bonds is 6. The fourth-order valence-electron chi connectivity index (χ4n) is 2.92. The Labute approximate surface area is 182 Å². The molecule has 7 heteroatoms. The first-order chi connectivity index (χ1) is 15.0. The van der Waals surface area contributed by atoms with E-state index in [1.807, 2.05) is 31.2 Å². The van der Waals surface area contributed by atoms with Gasteiger partial charge in [-0.05, 0) is 43.3 Å². The van der Waals surface area contributed by atoms with Gasteiger partial charge in [0.2, 0.25) is 0 Å². The van der Waals surface area contributed by atoms with Crippen molar-refractivity contribution < 1.29 is 18.3 Å². The van der Waals surface area contributed by atoms with E-state index in [2.05, 4.69) is 10.3 Å². The van der Waals surface area contributed by atoms with E-state index in [-0.39, 0.29) is 23.8 Å². The summed E-state index contributed by atoms with van der Waals surface area (Å²) in [7, 11) is 0. The van der Waals surface area contributed by atoms with Crippen molar-refractivity contribution in [3.8, 4) is 16.3 Å². The Morgan fingerprint density at radius 2 is 1.71 bits per heavy atom. The standard InChI is InChI=1S/C24H18F2N2O2S/c1-15-9-11-16(12-10-15)27-23(29)21-14-31-24(28-21)17-5-2-3-8-22(17)30-13-18-19(25)6-4-7-20(18)26/h2-12,14H,13H2,1H3,(H,27,29). The molecular formula is C24H18F2N2O2S. The van der Waals surface area contributed by atoms with Crippen molar-refractivity contribution >= 4 is 22.9 Å². The lowest BCUT2D eigenvalue weighted by molar-refractivity contribution is 0.102. The van der Waals surface area contributed by atoms with Crippen molar-refractivity contribution in [2.45, 2.75) is 13.5 Å². The third kappa shape index (κ3) is 4.78. The van der Waals surface area contributed by atoms with Crippen LogP contribution in [0.3, 0.4) is 0 Å². The summed E-state index contributed by atoms with van der Waals surface area (Å²) < 4.78 is 33.5. The Bertz CT molecular complexity index is 1200. The van der Waals surface area contributed by atoms with Crippen LogP contribution >= 0.6 is 11.3 Å². The van der Waals surface area contributed by atoms with Gasteiger partial charge in [-0.25, -0.2) is 13.8 Å². The molecule has 0 aliphatic carbocycles. The van der Waals surface area contributed by atoms with Crippen molar-refractivity contribution in [1.29, 1.82) is 0 Å². The average molecular weight is 436 g/mol. The number of hydrogen-bond acceptors (Lipinski definition) is 4. The van der Waals surface area contributed by atoms with E-state index in [1.54, 1.807) is 29.6 Å². The molecule has 1 heterocycles. The normalized spacial score (nSPS) is 10.7. The Kier molecular flexibility index (Phi) is 6.04. The van der Waals surface area contributed by atoms with Crippen molar-refractivity contribution in [3.63, 3.8) is 0 Å². The molecule has 1 N–H and O–H groups in total. The third-order valence-electron chi connectivity index (χ3n) is 4.60. The first-order valence-corrected chi connectivity index (χ1v) is 10.4. The van der Waals surface area contributed by atoms with E-state index < -0.39 is 11.6 Å². The molecule has 1 amide bonds. The Balaban J connectivity index is 1.52. The van der Waals surface area contributed by atoms with Gasteiger partial charge in [-0.3, -0.25) is 4.79 Å². The number of ether oxygens (including phenoxy) is 1. The minimum Gasteiger partial charge on any atom is -0.488 e. The van der Waals surface area contributed by atoms with Crippen LogP contribution in [0.1, 0.15) is 21.6 Å². The molecule has 1 aromatic heterocycles. The summed E-state index contributed by atoms with van der Waals surface area (Å²) in [6, 6.07) is 18.2. The summed E-state index contributed by atoms with van der Waals surface area (Å²) in [4.78, 5) is 17.0. The number of para-hydroxylation sites is 1. The van der Waals surface area contributed by atoms with Gasteiger partial charge in [-0.1, -0.05) is 35.9 Å². The highest BCUT2D eigenvalue weighted by Crippen LogP contribution is 2.33. The molecule has 156 valence electrons. The molecule has 3 aromatic carbocycles. The second kappa shape index (κ2) is 9.06. The molecule has 0 spiro atoms. The van der Waals surface area contributed by atoms with Gasteiger partial charge in [-0.2, -0.15) is 0 Å². The molecule has 4 aromatic rings. The summed E-state index contributed by atoms with van der Waals surface area (Å²) in [6.45, 7) is 1.71. The largest absolute Gasteiger partial charge is 0.488 e. The summed E-state index contributed by atoms with van der Waals surface area (Å²) in [6.07, 6.45) is 0. The molecule has 0 radical (unpaired) electrons. The van der Waals surface area contributed by atoms with Crippen LogP contribution in [-0.4, -0.2) is 10.9 Å². The van der Waals surface area contributed by atoms with E-state index in [9.17, 15) is 13.6 Å². The smallest absolute Gasteiger partial charge is 0.275 e. The first-order valence-electron chi connectivity index (χ1n) is 9.50. The number of hydrogen-bond donors (Lipinski definition) is 1. The second-order valence-corrected chi connectivity index (χ2v) is 7.70. The highest BCUT2D eigenvalue weighted by atomic mass is 32.1. The van der Waals surface area contributed by atoms with Crippen LogP contribution in [0.4, 0.5) is 14.5 Å². The fourth-order valence-corrected chi connectivity index (χ4v) is 3.75. The Hall–Kier alpha value is -3.58. The predicted octanol–water partition coefficient (Wildman–Crippen LogP) is 6.23. The van der Waals surface area contributed by atoms with E-state index >= 15 is 0 Å². The van der Waals surface area contributed by atoms with Gasteiger partial charge in [-0.15, -0.1) is 11.3 Å². The molecule has 0 saturated carbocycles. The zero-order valence-electron chi connectivity index (χ0n) is 16.6. The van der Waals surface area contributed by atoms with Crippen LogP contribution in [0.2, 0.25) is 0 Å². The number of thiazole rings is 1. The number of halogens is 2. The average Bonchev–Trinajstić information content (AvgIpc) is 3.26. The first kappa shape index (κ1) is 20.7. The van der Waals surface area contributed by atoms with Gasteiger partial charge in [0.25, 0.3) is 5.91 Å². The van der Waals surface area contributed by atoms with Gasteiger partial charge in [0.1, 0.15) is 34.7 Å². The van der Waals surface area contributed by atoms with Gasteiger partial charge in [0, 0.05) is 11.1 Å². The van der Waals surface area contributed by atoms with E-state index in [0.29, 0.717) is 22.0 Å². The molecule has 0 bridgehead atoms. The predicted molar refractivity (Wildman–Crippen MR) is 117 cm³/mol. The SMILES string of the molecule is Cc1ccc(NC(=O)c2csc(-c3ccccc3OCc3c(F)cccc3F)n2)cc1. The number of nitrogens with one attached hydrogen (secondary N) is 1. The third-order valence-corrected chi connectivity index (χ3v) is 5.47. The number of amides is 1. The number of anilines is 1. The van der Waals surface area contributed by atoms with Gasteiger partial charge >= 0.3 is 0 Å². The van der Waals surface area contributed by atoms with Crippen LogP contribution in [0.15, 0.2) is 72.1 Å². The zero-order valence-corrected chi connectivity index (χ0v) is 17.4. The maximum atomic E-state index is 13.9. The maximum absolute atomic E-state index is 13.9. The molecule has 4 nitrogen and oxygen atoms in total. The zero-order chi connectivity index (χ0) is 21.8. The number of aromatic nitrogens is 1. The Morgan fingerprint density at radius 3 is 2.45 bits per heavy atom. The molecule has 4 rings (SSSR count). The van der Waals surface area contributed by atoms with Crippen LogP contribution < -0.4 is 10.1 Å². The number of aryl methyl sites for hydroxylation is 1. The minimum atomic E-state index is -0.665.